The highest BCUT2D eigenvalue weighted by atomic mass is 16.5. The summed E-state index contributed by atoms with van der Waals surface area (Å²) in [7, 11) is 1.75. The maximum atomic E-state index is 5.10. The van der Waals surface area contributed by atoms with E-state index in [0.717, 1.165) is 13.2 Å². The standard InChI is InChI=1S/C9H21NO/c1-8(2)10-6-9(3,4)7-11-5/h8,10H,6-7H2,1-5H3. The SMILES string of the molecule is COCC(C)(C)CNC(C)C. The molecular weight excluding hydrogens is 138 g/mol. The Kier molecular flexibility index (Phi) is 4.69. The molecule has 0 spiro atoms. The van der Waals surface area contributed by atoms with Crippen molar-refractivity contribution in [3.05, 3.63) is 0 Å². The maximum Gasteiger partial charge on any atom is 0.0525 e. The minimum absolute atomic E-state index is 0.249. The highest BCUT2D eigenvalue weighted by Gasteiger charge is 2.16. The van der Waals surface area contributed by atoms with Gasteiger partial charge in [-0.25, -0.2) is 0 Å². The molecule has 2 nitrogen and oxygen atoms in total. The monoisotopic (exact) mass is 159 g/mol. The molecule has 0 atom stereocenters. The van der Waals surface area contributed by atoms with Gasteiger partial charge >= 0.3 is 0 Å². The maximum absolute atomic E-state index is 5.10. The Balaban J connectivity index is 3.54. The lowest BCUT2D eigenvalue weighted by molar-refractivity contribution is 0.102. The molecule has 0 aliphatic heterocycles. The predicted octanol–water partition coefficient (Wildman–Crippen LogP) is 1.66. The molecule has 0 rings (SSSR count). The van der Waals surface area contributed by atoms with Crippen LogP contribution in [0.3, 0.4) is 0 Å². The van der Waals surface area contributed by atoms with Crippen LogP contribution in [0, 0.1) is 5.41 Å². The van der Waals surface area contributed by atoms with Crippen LogP contribution in [-0.4, -0.2) is 26.3 Å². The van der Waals surface area contributed by atoms with Crippen LogP contribution in [0.4, 0.5) is 0 Å². The third-order valence-corrected chi connectivity index (χ3v) is 1.52. The lowest BCUT2D eigenvalue weighted by Gasteiger charge is -2.25. The quantitative estimate of drug-likeness (QED) is 0.658. The Morgan fingerprint density at radius 1 is 1.36 bits per heavy atom. The molecule has 1 N–H and O–H groups in total. The van der Waals surface area contributed by atoms with Crippen molar-refractivity contribution in [2.75, 3.05) is 20.3 Å². The molecule has 0 amide bonds. The van der Waals surface area contributed by atoms with Gasteiger partial charge in [0, 0.05) is 25.1 Å². The van der Waals surface area contributed by atoms with Crippen LogP contribution >= 0.6 is 0 Å². The van der Waals surface area contributed by atoms with Gasteiger partial charge in [-0.15, -0.1) is 0 Å². The van der Waals surface area contributed by atoms with E-state index in [4.69, 9.17) is 4.74 Å². The van der Waals surface area contributed by atoms with Crippen LogP contribution < -0.4 is 5.32 Å². The van der Waals surface area contributed by atoms with Gasteiger partial charge < -0.3 is 10.1 Å². The number of hydrogen-bond donors (Lipinski definition) is 1. The van der Waals surface area contributed by atoms with E-state index in [9.17, 15) is 0 Å². The Morgan fingerprint density at radius 2 is 1.91 bits per heavy atom. The minimum atomic E-state index is 0.249. The highest BCUT2D eigenvalue weighted by molar-refractivity contribution is 4.71. The summed E-state index contributed by atoms with van der Waals surface area (Å²) in [5.41, 5.74) is 0.249. The van der Waals surface area contributed by atoms with E-state index in [2.05, 4.69) is 33.0 Å². The van der Waals surface area contributed by atoms with Crippen LogP contribution in [0.1, 0.15) is 27.7 Å². The average molecular weight is 159 g/mol. The Morgan fingerprint density at radius 3 is 2.27 bits per heavy atom. The molecule has 0 saturated heterocycles. The largest absolute Gasteiger partial charge is 0.384 e. The molecule has 2 heteroatoms. The summed E-state index contributed by atoms with van der Waals surface area (Å²) in [6, 6.07) is 0.561. The Bertz CT molecular complexity index is 99.7. The third-order valence-electron chi connectivity index (χ3n) is 1.52. The molecule has 11 heavy (non-hydrogen) atoms. The Hall–Kier alpha value is -0.0800. The van der Waals surface area contributed by atoms with Crippen LogP contribution in [0.5, 0.6) is 0 Å². The molecular formula is C9H21NO. The molecule has 0 bridgehead atoms. The summed E-state index contributed by atoms with van der Waals surface area (Å²) < 4.78 is 5.10. The van der Waals surface area contributed by atoms with Crippen LogP contribution in [0.25, 0.3) is 0 Å². The predicted molar refractivity (Wildman–Crippen MR) is 48.8 cm³/mol. The van der Waals surface area contributed by atoms with Crippen LogP contribution in [-0.2, 0) is 4.74 Å². The van der Waals surface area contributed by atoms with Crippen molar-refractivity contribution >= 4 is 0 Å². The molecule has 0 aliphatic carbocycles. The van der Waals surface area contributed by atoms with Gasteiger partial charge in [0.25, 0.3) is 0 Å². The number of methoxy groups -OCH3 is 1. The molecule has 0 unspecified atom stereocenters. The van der Waals surface area contributed by atoms with E-state index in [1.54, 1.807) is 7.11 Å². The first kappa shape index (κ1) is 10.9. The molecule has 0 aromatic rings. The van der Waals surface area contributed by atoms with Gasteiger partial charge in [-0.2, -0.15) is 0 Å². The van der Waals surface area contributed by atoms with Gasteiger partial charge in [-0.3, -0.25) is 0 Å². The van der Waals surface area contributed by atoms with Gasteiger partial charge in [0.1, 0.15) is 0 Å². The van der Waals surface area contributed by atoms with Crippen molar-refractivity contribution in [2.24, 2.45) is 5.41 Å². The van der Waals surface area contributed by atoms with E-state index >= 15 is 0 Å². The number of hydrogen-bond acceptors (Lipinski definition) is 2. The van der Waals surface area contributed by atoms with Crippen LogP contribution in [0.2, 0.25) is 0 Å². The van der Waals surface area contributed by atoms with Gasteiger partial charge in [-0.05, 0) is 0 Å². The fourth-order valence-corrected chi connectivity index (χ4v) is 0.922. The molecule has 0 saturated carbocycles. The zero-order valence-corrected chi connectivity index (χ0v) is 8.40. The number of ether oxygens (including phenoxy) is 1. The Labute approximate surface area is 70.3 Å². The van der Waals surface area contributed by atoms with Gasteiger partial charge in [0.2, 0.25) is 0 Å². The van der Waals surface area contributed by atoms with Crippen molar-refractivity contribution in [2.45, 2.75) is 33.7 Å². The fourth-order valence-electron chi connectivity index (χ4n) is 0.922. The van der Waals surface area contributed by atoms with E-state index < -0.39 is 0 Å². The smallest absolute Gasteiger partial charge is 0.0525 e. The summed E-state index contributed by atoms with van der Waals surface area (Å²) in [4.78, 5) is 0. The molecule has 0 aromatic heterocycles. The summed E-state index contributed by atoms with van der Waals surface area (Å²) in [6.07, 6.45) is 0. The van der Waals surface area contributed by atoms with Crippen molar-refractivity contribution in [3.8, 4) is 0 Å². The molecule has 0 aliphatic rings. The van der Waals surface area contributed by atoms with Crippen molar-refractivity contribution in [3.63, 3.8) is 0 Å². The van der Waals surface area contributed by atoms with E-state index in [1.165, 1.54) is 0 Å². The number of nitrogens with one attached hydrogen (secondary N) is 1. The van der Waals surface area contributed by atoms with Gasteiger partial charge in [-0.1, -0.05) is 27.7 Å². The molecule has 0 heterocycles. The number of rotatable bonds is 5. The van der Waals surface area contributed by atoms with Crippen LogP contribution in [0.15, 0.2) is 0 Å². The van der Waals surface area contributed by atoms with Crippen molar-refractivity contribution in [1.82, 2.24) is 5.32 Å². The second-order valence-corrected chi connectivity index (χ2v) is 4.13. The first-order valence-electron chi connectivity index (χ1n) is 4.20. The molecule has 0 radical (unpaired) electrons. The molecule has 68 valence electrons. The zero-order valence-electron chi connectivity index (χ0n) is 8.40. The van der Waals surface area contributed by atoms with Gasteiger partial charge in [0.15, 0.2) is 0 Å². The summed E-state index contributed by atoms with van der Waals surface area (Å²) >= 11 is 0. The lowest BCUT2D eigenvalue weighted by Crippen LogP contribution is -2.36. The van der Waals surface area contributed by atoms with E-state index in [-0.39, 0.29) is 5.41 Å². The summed E-state index contributed by atoms with van der Waals surface area (Å²) in [5.74, 6) is 0. The second kappa shape index (κ2) is 4.73. The summed E-state index contributed by atoms with van der Waals surface area (Å²) in [5, 5.41) is 3.39. The van der Waals surface area contributed by atoms with E-state index in [0.29, 0.717) is 6.04 Å². The van der Waals surface area contributed by atoms with Crippen molar-refractivity contribution in [1.29, 1.82) is 0 Å². The normalized spacial score (nSPS) is 12.5. The second-order valence-electron chi connectivity index (χ2n) is 4.13. The fraction of sp³-hybridized carbons (Fsp3) is 1.00. The van der Waals surface area contributed by atoms with E-state index in [1.807, 2.05) is 0 Å². The summed E-state index contributed by atoms with van der Waals surface area (Å²) in [6.45, 7) is 10.5. The first-order valence-corrected chi connectivity index (χ1v) is 4.20. The zero-order chi connectivity index (χ0) is 8.91. The molecule has 0 fully saturated rings. The van der Waals surface area contributed by atoms with Crippen molar-refractivity contribution < 1.29 is 4.74 Å². The van der Waals surface area contributed by atoms with Gasteiger partial charge in [0.05, 0.1) is 6.61 Å². The highest BCUT2D eigenvalue weighted by Crippen LogP contribution is 2.13. The third kappa shape index (κ3) is 6.32. The topological polar surface area (TPSA) is 21.3 Å². The minimum Gasteiger partial charge on any atom is -0.384 e. The lowest BCUT2D eigenvalue weighted by atomic mass is 9.94. The first-order chi connectivity index (χ1) is 4.98. The average Bonchev–Trinajstić information content (AvgIpc) is 1.84. The molecule has 0 aromatic carbocycles.